The summed E-state index contributed by atoms with van der Waals surface area (Å²) in [6.07, 6.45) is 2.83. The second-order valence-corrected chi connectivity index (χ2v) is 9.35. The number of carbonyl (C=O) groups excluding carboxylic acids is 1. The number of benzene rings is 2. The van der Waals surface area contributed by atoms with E-state index in [2.05, 4.69) is 20.0 Å². The second kappa shape index (κ2) is 9.67. The number of thiazole rings is 1. The highest BCUT2D eigenvalue weighted by Gasteiger charge is 2.16. The number of hydrogen-bond acceptors (Lipinski definition) is 7. The molecule has 2 heterocycles. The Hall–Kier alpha value is -3.96. The third kappa shape index (κ3) is 5.64. The maximum Gasteiger partial charge on any atom is 0.272 e. The zero-order chi connectivity index (χ0) is 23.3. The number of nitrogens with zero attached hydrogens (tertiary/aromatic N) is 1. The number of H-pyrrole nitrogens is 1. The Morgan fingerprint density at radius 3 is 2.52 bits per heavy atom. The second-order valence-electron chi connectivity index (χ2n) is 6.77. The summed E-state index contributed by atoms with van der Waals surface area (Å²) in [7, 11) is -3.79. The van der Waals surface area contributed by atoms with Crippen LogP contribution in [0.25, 0.3) is 0 Å². The van der Waals surface area contributed by atoms with Crippen LogP contribution in [0.1, 0.15) is 16.1 Å². The van der Waals surface area contributed by atoms with Crippen molar-refractivity contribution in [3.05, 3.63) is 99.9 Å². The fraction of sp³-hybridized carbons (Fsp3) is 0.0455. The third-order valence-electron chi connectivity index (χ3n) is 4.44. The molecule has 0 aliphatic rings. The molecule has 0 spiro atoms. The average Bonchev–Trinajstić information content (AvgIpc) is 3.31. The molecule has 3 N–H and O–H groups in total. The van der Waals surface area contributed by atoms with Crippen LogP contribution in [0.2, 0.25) is 0 Å². The van der Waals surface area contributed by atoms with E-state index in [4.69, 9.17) is 4.74 Å². The number of aromatic nitrogens is 2. The molecule has 0 saturated heterocycles. The molecule has 168 valence electrons. The molecule has 2 aromatic heterocycles. The smallest absolute Gasteiger partial charge is 0.272 e. The molecular weight excluding hydrogens is 464 g/mol. The fourth-order valence-electron chi connectivity index (χ4n) is 2.80. The van der Waals surface area contributed by atoms with Gasteiger partial charge in [0.05, 0.1) is 4.90 Å². The van der Waals surface area contributed by atoms with Gasteiger partial charge in [-0.15, -0.1) is 11.3 Å². The van der Waals surface area contributed by atoms with Crippen molar-refractivity contribution >= 4 is 38.1 Å². The van der Waals surface area contributed by atoms with E-state index in [-0.39, 0.29) is 28.1 Å². The van der Waals surface area contributed by atoms with Gasteiger partial charge in [-0.3, -0.25) is 14.3 Å². The van der Waals surface area contributed by atoms with Gasteiger partial charge < -0.3 is 15.0 Å². The Bertz CT molecular complexity index is 1400. The van der Waals surface area contributed by atoms with Crippen LogP contribution in [-0.2, 0) is 16.6 Å². The van der Waals surface area contributed by atoms with Crippen LogP contribution in [0.3, 0.4) is 0 Å². The third-order valence-corrected chi connectivity index (χ3v) is 6.61. The largest absolute Gasteiger partial charge is 0.483 e. The lowest BCUT2D eigenvalue weighted by Gasteiger charge is -2.09. The molecule has 0 saturated carbocycles. The van der Waals surface area contributed by atoms with Crippen molar-refractivity contribution in [2.45, 2.75) is 11.5 Å². The number of anilines is 2. The molecule has 11 heteroatoms. The van der Waals surface area contributed by atoms with Gasteiger partial charge in [0.15, 0.2) is 10.9 Å². The zero-order valence-corrected chi connectivity index (χ0v) is 18.7. The summed E-state index contributed by atoms with van der Waals surface area (Å²) >= 11 is 1.16. The van der Waals surface area contributed by atoms with Gasteiger partial charge in [-0.2, -0.15) is 0 Å². The molecule has 2 aromatic carbocycles. The molecule has 0 fully saturated rings. The topological polar surface area (TPSA) is 130 Å². The quantitative estimate of drug-likeness (QED) is 0.353. The number of ether oxygens (including phenoxy) is 1. The van der Waals surface area contributed by atoms with Crippen LogP contribution in [0.4, 0.5) is 10.8 Å². The molecule has 0 radical (unpaired) electrons. The number of sulfonamides is 1. The van der Waals surface area contributed by atoms with Gasteiger partial charge in [0, 0.05) is 29.5 Å². The first-order chi connectivity index (χ1) is 15.9. The first-order valence-electron chi connectivity index (χ1n) is 9.64. The van der Waals surface area contributed by atoms with Crippen LogP contribution < -0.4 is 20.2 Å². The van der Waals surface area contributed by atoms with E-state index < -0.39 is 21.4 Å². The van der Waals surface area contributed by atoms with Crippen LogP contribution in [0.15, 0.2) is 88.1 Å². The Morgan fingerprint density at radius 1 is 1.09 bits per heavy atom. The normalized spacial score (nSPS) is 11.0. The van der Waals surface area contributed by atoms with Crippen LogP contribution in [0, 0.1) is 0 Å². The SMILES string of the molecule is O=C(Nc1ccc(S(=O)(=O)Nc2nccs2)cc1)c1cc(=O)c(OCc2ccccc2)c[nH]1. The monoisotopic (exact) mass is 482 g/mol. The maximum atomic E-state index is 12.5. The first kappa shape index (κ1) is 22.2. The van der Waals surface area contributed by atoms with Crippen molar-refractivity contribution in [1.29, 1.82) is 0 Å². The minimum absolute atomic E-state index is 0.0176. The number of carbonyl (C=O) groups is 1. The van der Waals surface area contributed by atoms with Gasteiger partial charge in [0.2, 0.25) is 5.43 Å². The fourth-order valence-corrected chi connectivity index (χ4v) is 4.59. The molecule has 33 heavy (non-hydrogen) atoms. The van der Waals surface area contributed by atoms with E-state index >= 15 is 0 Å². The summed E-state index contributed by atoms with van der Waals surface area (Å²) in [6, 6.07) is 16.1. The molecule has 0 aliphatic heterocycles. The van der Waals surface area contributed by atoms with Gasteiger partial charge in [-0.1, -0.05) is 30.3 Å². The number of rotatable bonds is 8. The molecule has 0 atom stereocenters. The van der Waals surface area contributed by atoms with Crippen molar-refractivity contribution in [2.24, 2.45) is 0 Å². The van der Waals surface area contributed by atoms with E-state index in [0.717, 1.165) is 23.0 Å². The minimum atomic E-state index is -3.79. The lowest BCUT2D eigenvalue weighted by molar-refractivity contribution is 0.102. The van der Waals surface area contributed by atoms with Crippen molar-refractivity contribution in [3.63, 3.8) is 0 Å². The van der Waals surface area contributed by atoms with Gasteiger partial charge in [0.25, 0.3) is 15.9 Å². The van der Waals surface area contributed by atoms with Crippen LogP contribution in [-0.4, -0.2) is 24.3 Å². The van der Waals surface area contributed by atoms with Gasteiger partial charge in [-0.25, -0.2) is 13.4 Å². The van der Waals surface area contributed by atoms with Crippen molar-refractivity contribution < 1.29 is 17.9 Å². The predicted octanol–water partition coefficient (Wildman–Crippen LogP) is 3.46. The molecule has 0 unspecified atom stereocenters. The molecular formula is C22H18N4O5S2. The molecule has 0 bridgehead atoms. The first-order valence-corrected chi connectivity index (χ1v) is 12.0. The summed E-state index contributed by atoms with van der Waals surface area (Å²) in [6.45, 7) is 0.224. The molecule has 1 amide bonds. The van der Waals surface area contributed by atoms with Gasteiger partial charge in [-0.05, 0) is 29.8 Å². The highest BCUT2D eigenvalue weighted by Crippen LogP contribution is 2.20. The maximum absolute atomic E-state index is 12.5. The van der Waals surface area contributed by atoms with Crippen LogP contribution in [0.5, 0.6) is 5.75 Å². The standard InChI is InChI=1S/C22H18N4O5S2/c27-19-12-18(24-13-20(19)31-14-15-4-2-1-3-5-15)21(28)25-16-6-8-17(9-7-16)33(29,30)26-22-23-10-11-32-22/h1-13H,14H2,(H,23,26)(H,24,27)(H,25,28). The van der Waals surface area contributed by atoms with Crippen molar-refractivity contribution in [3.8, 4) is 5.75 Å². The van der Waals surface area contributed by atoms with E-state index in [1.165, 1.54) is 36.7 Å². The van der Waals surface area contributed by atoms with E-state index in [1.807, 2.05) is 30.3 Å². The Balaban J connectivity index is 1.39. The minimum Gasteiger partial charge on any atom is -0.483 e. The molecule has 4 rings (SSSR count). The Labute approximate surface area is 193 Å². The van der Waals surface area contributed by atoms with E-state index in [0.29, 0.717) is 5.69 Å². The number of pyridine rings is 1. The number of amides is 1. The zero-order valence-electron chi connectivity index (χ0n) is 17.0. The summed E-state index contributed by atoms with van der Waals surface area (Å²) in [5.41, 5.74) is 0.864. The van der Waals surface area contributed by atoms with Crippen LogP contribution >= 0.6 is 11.3 Å². The number of aromatic amines is 1. The van der Waals surface area contributed by atoms with E-state index in [9.17, 15) is 18.0 Å². The summed E-state index contributed by atoms with van der Waals surface area (Å²) in [5, 5.41) is 4.52. The van der Waals surface area contributed by atoms with Crippen molar-refractivity contribution in [2.75, 3.05) is 10.0 Å². The molecule has 0 aliphatic carbocycles. The van der Waals surface area contributed by atoms with E-state index in [1.54, 1.807) is 5.38 Å². The predicted molar refractivity (Wildman–Crippen MR) is 125 cm³/mol. The Morgan fingerprint density at radius 2 is 1.85 bits per heavy atom. The molecule has 9 nitrogen and oxygen atoms in total. The van der Waals surface area contributed by atoms with Gasteiger partial charge in [0.1, 0.15) is 12.3 Å². The number of hydrogen-bond donors (Lipinski definition) is 3. The van der Waals surface area contributed by atoms with Gasteiger partial charge >= 0.3 is 0 Å². The van der Waals surface area contributed by atoms with Crippen molar-refractivity contribution in [1.82, 2.24) is 9.97 Å². The summed E-state index contributed by atoms with van der Waals surface area (Å²) < 4.78 is 32.7. The summed E-state index contributed by atoms with van der Waals surface area (Å²) in [5.74, 6) is -0.462. The lowest BCUT2D eigenvalue weighted by Crippen LogP contribution is -2.18. The summed E-state index contributed by atoms with van der Waals surface area (Å²) in [4.78, 5) is 31.4. The molecule has 4 aromatic rings. The highest BCUT2D eigenvalue weighted by atomic mass is 32.2. The highest BCUT2D eigenvalue weighted by molar-refractivity contribution is 7.93. The average molecular weight is 483 g/mol. The lowest BCUT2D eigenvalue weighted by atomic mass is 10.2. The number of nitrogens with one attached hydrogen (secondary N) is 3. The Kier molecular flexibility index (Phi) is 6.52.